The molecule has 4 aliphatic rings. The number of phenols is 1. The summed E-state index contributed by atoms with van der Waals surface area (Å²) in [5.74, 6) is 1.37. The van der Waals surface area contributed by atoms with Crippen LogP contribution in [-0.4, -0.2) is 59.1 Å². The maximum Gasteiger partial charge on any atom is 0.260 e. The highest BCUT2D eigenvalue weighted by atomic mass is 16.5. The van der Waals surface area contributed by atoms with Crippen molar-refractivity contribution in [3.8, 4) is 11.5 Å². The number of aromatic hydroxyl groups is 1. The van der Waals surface area contributed by atoms with E-state index in [0.717, 1.165) is 19.6 Å². The van der Waals surface area contributed by atoms with E-state index < -0.39 is 0 Å². The van der Waals surface area contributed by atoms with Crippen LogP contribution in [0.4, 0.5) is 0 Å². The van der Waals surface area contributed by atoms with Crippen LogP contribution in [0.5, 0.6) is 11.5 Å². The number of hydrogen-bond donors (Lipinski definition) is 1. The summed E-state index contributed by atoms with van der Waals surface area (Å²) >= 11 is 0. The predicted octanol–water partition coefficient (Wildman–Crippen LogP) is 3.17. The van der Waals surface area contributed by atoms with E-state index in [1.807, 2.05) is 0 Å². The molecule has 29 heavy (non-hydrogen) atoms. The third kappa shape index (κ3) is 3.27. The lowest BCUT2D eigenvalue weighted by atomic mass is 9.75. The second-order valence-corrected chi connectivity index (χ2v) is 8.67. The fourth-order valence-corrected chi connectivity index (χ4v) is 5.61. The van der Waals surface area contributed by atoms with E-state index in [2.05, 4.69) is 41.0 Å². The standard InChI is InChI=1S/C24H28N2O3/c1-16-6-8-17(9-7-16)19-14-26(23-18-10-12-25(13-11-18)24(19)23)22(28)15-29-21-5-3-2-4-20(21)27/h2-9,18-19,23-24,27H,10-15H2,1H3. The van der Waals surface area contributed by atoms with Crippen LogP contribution >= 0.6 is 0 Å². The van der Waals surface area contributed by atoms with Gasteiger partial charge in [0, 0.05) is 18.5 Å². The van der Waals surface area contributed by atoms with Gasteiger partial charge in [-0.3, -0.25) is 9.69 Å². The topological polar surface area (TPSA) is 53.0 Å². The molecule has 3 atom stereocenters. The highest BCUT2D eigenvalue weighted by Crippen LogP contribution is 2.46. The molecule has 1 amide bonds. The van der Waals surface area contributed by atoms with Crippen molar-refractivity contribution < 1.29 is 14.6 Å². The van der Waals surface area contributed by atoms with Gasteiger partial charge in [-0.2, -0.15) is 0 Å². The van der Waals surface area contributed by atoms with Gasteiger partial charge in [0.2, 0.25) is 0 Å². The zero-order chi connectivity index (χ0) is 20.0. The van der Waals surface area contributed by atoms with Crippen molar-refractivity contribution >= 4 is 5.91 Å². The highest BCUT2D eigenvalue weighted by molar-refractivity contribution is 5.79. The maximum atomic E-state index is 13.2. The first kappa shape index (κ1) is 18.5. The summed E-state index contributed by atoms with van der Waals surface area (Å²) in [5, 5.41) is 9.92. The zero-order valence-electron chi connectivity index (χ0n) is 16.8. The largest absolute Gasteiger partial charge is 0.504 e. The number of likely N-dealkylation sites (tertiary alicyclic amines) is 1. The maximum absolute atomic E-state index is 13.2. The summed E-state index contributed by atoms with van der Waals surface area (Å²) in [5.41, 5.74) is 2.59. The number of para-hydroxylation sites is 2. The third-order valence-corrected chi connectivity index (χ3v) is 7.04. The Morgan fingerprint density at radius 3 is 2.52 bits per heavy atom. The average Bonchev–Trinajstić information content (AvgIpc) is 3.17. The molecule has 4 fully saturated rings. The van der Waals surface area contributed by atoms with Gasteiger partial charge in [0.25, 0.3) is 5.91 Å². The van der Waals surface area contributed by atoms with Crippen LogP contribution in [0.2, 0.25) is 0 Å². The van der Waals surface area contributed by atoms with E-state index >= 15 is 0 Å². The van der Waals surface area contributed by atoms with Gasteiger partial charge in [-0.25, -0.2) is 0 Å². The minimum absolute atomic E-state index is 0.0200. The van der Waals surface area contributed by atoms with Crippen molar-refractivity contribution in [2.75, 3.05) is 26.2 Å². The molecule has 2 aromatic carbocycles. The first-order valence-corrected chi connectivity index (χ1v) is 10.6. The molecule has 0 saturated carbocycles. The Kier molecular flexibility index (Phi) is 4.70. The lowest BCUT2D eigenvalue weighted by Gasteiger charge is -2.51. The van der Waals surface area contributed by atoms with E-state index in [4.69, 9.17) is 4.74 Å². The average molecular weight is 392 g/mol. The van der Waals surface area contributed by atoms with Crippen LogP contribution in [0.15, 0.2) is 48.5 Å². The Labute approximate surface area is 171 Å². The fraction of sp³-hybridized carbons (Fsp3) is 0.458. The minimum atomic E-state index is -0.0336. The molecular formula is C24H28N2O3. The molecule has 0 aromatic heterocycles. The van der Waals surface area contributed by atoms with Crippen LogP contribution in [0, 0.1) is 12.8 Å². The van der Waals surface area contributed by atoms with Crippen LogP contribution in [0.25, 0.3) is 0 Å². The summed E-state index contributed by atoms with van der Waals surface area (Å²) in [6, 6.07) is 16.3. The molecule has 0 aliphatic carbocycles. The molecule has 6 rings (SSSR count). The van der Waals surface area contributed by atoms with Gasteiger partial charge < -0.3 is 14.7 Å². The first-order valence-electron chi connectivity index (χ1n) is 10.6. The van der Waals surface area contributed by atoms with E-state index in [-0.39, 0.29) is 24.3 Å². The van der Waals surface area contributed by atoms with Crippen LogP contribution in [-0.2, 0) is 4.79 Å². The molecule has 4 heterocycles. The molecule has 3 unspecified atom stereocenters. The van der Waals surface area contributed by atoms with Crippen molar-refractivity contribution in [3.05, 3.63) is 59.7 Å². The van der Waals surface area contributed by atoms with Gasteiger partial charge in [0.15, 0.2) is 18.1 Å². The number of aryl methyl sites for hydroxylation is 1. The number of ether oxygens (including phenoxy) is 1. The SMILES string of the molecule is Cc1ccc(C2CN(C(=O)COc3ccccc3O)C3C4CCN(CC4)C23)cc1. The quantitative estimate of drug-likeness (QED) is 0.868. The van der Waals surface area contributed by atoms with Crippen LogP contribution in [0.3, 0.4) is 0 Å². The van der Waals surface area contributed by atoms with Crippen molar-refractivity contribution in [3.63, 3.8) is 0 Å². The Morgan fingerprint density at radius 2 is 1.79 bits per heavy atom. The monoisotopic (exact) mass is 392 g/mol. The molecule has 1 N–H and O–H groups in total. The Bertz CT molecular complexity index is 889. The first-order chi connectivity index (χ1) is 14.1. The number of benzene rings is 2. The van der Waals surface area contributed by atoms with Gasteiger partial charge in [-0.05, 0) is 56.5 Å². The Balaban J connectivity index is 1.38. The minimum Gasteiger partial charge on any atom is -0.504 e. The van der Waals surface area contributed by atoms with Gasteiger partial charge in [0.05, 0.1) is 6.04 Å². The van der Waals surface area contributed by atoms with E-state index in [1.165, 1.54) is 24.0 Å². The number of nitrogens with zero attached hydrogens (tertiary/aromatic N) is 2. The van der Waals surface area contributed by atoms with E-state index in [9.17, 15) is 9.90 Å². The van der Waals surface area contributed by atoms with Crippen molar-refractivity contribution in [1.29, 1.82) is 0 Å². The number of piperidine rings is 3. The third-order valence-electron chi connectivity index (χ3n) is 7.04. The number of amides is 1. The molecule has 4 saturated heterocycles. The number of carbonyl (C=O) groups excluding carboxylic acids is 1. The van der Waals surface area contributed by atoms with Crippen LogP contribution in [0.1, 0.15) is 29.9 Å². The molecule has 2 aromatic rings. The Hall–Kier alpha value is -2.53. The number of phenolic OH excluding ortho intramolecular Hbond substituents is 1. The van der Waals surface area contributed by atoms with Gasteiger partial charge in [0.1, 0.15) is 0 Å². The predicted molar refractivity (Wildman–Crippen MR) is 111 cm³/mol. The van der Waals surface area contributed by atoms with Gasteiger partial charge in [-0.15, -0.1) is 0 Å². The van der Waals surface area contributed by atoms with Crippen molar-refractivity contribution in [2.45, 2.75) is 37.8 Å². The molecule has 2 bridgehead atoms. The molecule has 5 nitrogen and oxygen atoms in total. The number of rotatable bonds is 4. The normalized spacial score (nSPS) is 30.2. The van der Waals surface area contributed by atoms with Crippen molar-refractivity contribution in [2.24, 2.45) is 5.92 Å². The van der Waals surface area contributed by atoms with E-state index in [0.29, 0.717) is 23.6 Å². The smallest absolute Gasteiger partial charge is 0.260 e. The van der Waals surface area contributed by atoms with E-state index in [1.54, 1.807) is 24.3 Å². The lowest BCUT2D eigenvalue weighted by Crippen LogP contribution is -2.61. The van der Waals surface area contributed by atoms with Crippen LogP contribution < -0.4 is 4.74 Å². The molecule has 152 valence electrons. The second kappa shape index (κ2) is 7.38. The summed E-state index contributed by atoms with van der Waals surface area (Å²) in [4.78, 5) is 17.9. The summed E-state index contributed by atoms with van der Waals surface area (Å²) < 4.78 is 5.67. The summed E-state index contributed by atoms with van der Waals surface area (Å²) in [6.07, 6.45) is 2.35. The zero-order valence-corrected chi connectivity index (χ0v) is 16.8. The number of hydrogen-bond acceptors (Lipinski definition) is 4. The molecule has 5 heteroatoms. The van der Waals surface area contributed by atoms with Gasteiger partial charge >= 0.3 is 0 Å². The molecule has 4 aliphatic heterocycles. The summed E-state index contributed by atoms with van der Waals surface area (Å²) in [6.45, 7) is 5.11. The number of carbonyl (C=O) groups is 1. The Morgan fingerprint density at radius 1 is 1.07 bits per heavy atom. The molecule has 0 spiro atoms. The van der Waals surface area contributed by atoms with Gasteiger partial charge in [-0.1, -0.05) is 42.0 Å². The molecule has 0 radical (unpaired) electrons. The molecular weight excluding hydrogens is 364 g/mol. The second-order valence-electron chi connectivity index (χ2n) is 8.67. The summed E-state index contributed by atoms with van der Waals surface area (Å²) in [7, 11) is 0. The number of fused-ring (bicyclic) bond motifs is 2. The highest BCUT2D eigenvalue weighted by Gasteiger charge is 2.54. The van der Waals surface area contributed by atoms with Crippen molar-refractivity contribution in [1.82, 2.24) is 9.80 Å². The lowest BCUT2D eigenvalue weighted by molar-refractivity contribution is -0.138. The fourth-order valence-electron chi connectivity index (χ4n) is 5.61.